The summed E-state index contributed by atoms with van der Waals surface area (Å²) in [5, 5.41) is 5.11. The summed E-state index contributed by atoms with van der Waals surface area (Å²) in [5.74, 6) is 0.527. The fourth-order valence-electron chi connectivity index (χ4n) is 1.98. The first-order valence-electron chi connectivity index (χ1n) is 6.22. The summed E-state index contributed by atoms with van der Waals surface area (Å²) in [7, 11) is -1.72. The lowest BCUT2D eigenvalue weighted by atomic mass is 10.3. The van der Waals surface area contributed by atoms with Crippen molar-refractivity contribution >= 4 is 41.9 Å². The van der Waals surface area contributed by atoms with E-state index in [-0.39, 0.29) is 11.0 Å². The topological polar surface area (TPSA) is 81.9 Å². The highest BCUT2D eigenvalue weighted by Crippen LogP contribution is 2.36. The SMILES string of the molecule is CN1CCOC(COc2c(Br)cc(S(N)(=O)=O)cc2Br)C1. The molecular weight excluding hydrogens is 428 g/mol. The molecule has 6 nitrogen and oxygen atoms in total. The summed E-state index contributed by atoms with van der Waals surface area (Å²) in [6.45, 7) is 2.77. The highest BCUT2D eigenvalue weighted by molar-refractivity contribution is 9.11. The van der Waals surface area contributed by atoms with Gasteiger partial charge in [-0.3, -0.25) is 0 Å². The second kappa shape index (κ2) is 6.93. The summed E-state index contributed by atoms with van der Waals surface area (Å²) in [6, 6.07) is 2.84. The minimum Gasteiger partial charge on any atom is -0.488 e. The van der Waals surface area contributed by atoms with Gasteiger partial charge < -0.3 is 14.4 Å². The predicted octanol–water partition coefficient (Wildman–Crippen LogP) is 1.57. The lowest BCUT2D eigenvalue weighted by molar-refractivity contribution is -0.0405. The molecule has 0 amide bonds. The van der Waals surface area contributed by atoms with Crippen LogP contribution in [0.25, 0.3) is 0 Å². The molecule has 1 atom stereocenters. The van der Waals surface area contributed by atoms with Crippen molar-refractivity contribution in [1.29, 1.82) is 0 Å². The van der Waals surface area contributed by atoms with Crippen LogP contribution < -0.4 is 9.88 Å². The van der Waals surface area contributed by atoms with E-state index in [1.807, 2.05) is 7.05 Å². The molecule has 0 radical (unpaired) electrons. The van der Waals surface area contributed by atoms with Crippen molar-refractivity contribution in [3.8, 4) is 5.75 Å². The highest BCUT2D eigenvalue weighted by atomic mass is 79.9. The Hall–Kier alpha value is -0.190. The Kier molecular flexibility index (Phi) is 5.66. The summed E-state index contributed by atoms with van der Waals surface area (Å²) in [5.41, 5.74) is 0. The van der Waals surface area contributed by atoms with E-state index in [0.717, 1.165) is 13.1 Å². The van der Waals surface area contributed by atoms with Crippen molar-refractivity contribution in [2.24, 2.45) is 5.14 Å². The molecule has 0 aliphatic carbocycles. The number of hydrogen-bond donors (Lipinski definition) is 1. The molecule has 1 aliphatic rings. The van der Waals surface area contributed by atoms with Crippen molar-refractivity contribution in [1.82, 2.24) is 4.90 Å². The molecule has 118 valence electrons. The maximum absolute atomic E-state index is 11.4. The molecular formula is C12H16Br2N2O4S. The van der Waals surface area contributed by atoms with Gasteiger partial charge >= 0.3 is 0 Å². The molecule has 2 N–H and O–H groups in total. The highest BCUT2D eigenvalue weighted by Gasteiger charge is 2.20. The Labute approximate surface area is 140 Å². The number of likely N-dealkylation sites (N-methyl/N-ethyl adjacent to an activating group) is 1. The molecule has 21 heavy (non-hydrogen) atoms. The molecule has 1 saturated heterocycles. The zero-order valence-corrected chi connectivity index (χ0v) is 15.4. The van der Waals surface area contributed by atoms with E-state index in [2.05, 4.69) is 36.8 Å². The normalized spacial score (nSPS) is 20.5. The molecule has 0 saturated carbocycles. The van der Waals surface area contributed by atoms with Gasteiger partial charge in [-0.15, -0.1) is 0 Å². The summed E-state index contributed by atoms with van der Waals surface area (Å²) in [6.07, 6.45) is -0.0135. The van der Waals surface area contributed by atoms with Crippen LogP contribution in [0, 0.1) is 0 Å². The van der Waals surface area contributed by atoms with E-state index in [1.54, 1.807) is 0 Å². The number of hydrogen-bond acceptors (Lipinski definition) is 5. The summed E-state index contributed by atoms with van der Waals surface area (Å²) in [4.78, 5) is 2.19. The first-order chi connectivity index (χ1) is 9.77. The summed E-state index contributed by atoms with van der Waals surface area (Å²) >= 11 is 6.60. The minimum atomic E-state index is -3.75. The third-order valence-corrected chi connectivity index (χ3v) is 5.13. The van der Waals surface area contributed by atoms with Gasteiger partial charge in [0.05, 0.1) is 20.4 Å². The minimum absolute atomic E-state index is 0.0135. The van der Waals surface area contributed by atoms with Crippen molar-refractivity contribution < 1.29 is 17.9 Å². The van der Waals surface area contributed by atoms with E-state index in [1.165, 1.54) is 12.1 Å². The molecule has 2 rings (SSSR count). The third kappa shape index (κ3) is 4.64. The largest absolute Gasteiger partial charge is 0.488 e. The van der Waals surface area contributed by atoms with Crippen LogP contribution in [0.3, 0.4) is 0 Å². The first-order valence-corrected chi connectivity index (χ1v) is 9.35. The van der Waals surface area contributed by atoms with Crippen molar-refractivity contribution in [3.63, 3.8) is 0 Å². The van der Waals surface area contributed by atoms with Crippen molar-refractivity contribution in [2.45, 2.75) is 11.0 Å². The molecule has 1 aromatic carbocycles. The van der Waals surface area contributed by atoms with Gasteiger partial charge in [0.25, 0.3) is 0 Å². The molecule has 0 bridgehead atoms. The second-order valence-corrected chi connectivity index (χ2v) is 8.10. The zero-order chi connectivity index (χ0) is 15.6. The third-order valence-electron chi connectivity index (χ3n) is 3.06. The maximum atomic E-state index is 11.4. The molecule has 1 unspecified atom stereocenters. The van der Waals surface area contributed by atoms with Crippen LogP contribution in [0.2, 0.25) is 0 Å². The number of halogens is 2. The van der Waals surface area contributed by atoms with Gasteiger partial charge in [0.1, 0.15) is 18.5 Å². The van der Waals surface area contributed by atoms with Gasteiger partial charge in [0.15, 0.2) is 0 Å². The number of ether oxygens (including phenoxy) is 2. The number of nitrogens with two attached hydrogens (primary N) is 1. The van der Waals surface area contributed by atoms with Gasteiger partial charge in [-0.1, -0.05) is 0 Å². The van der Waals surface area contributed by atoms with Crippen LogP contribution in [0.4, 0.5) is 0 Å². The van der Waals surface area contributed by atoms with Gasteiger partial charge in [-0.05, 0) is 51.0 Å². The number of rotatable bonds is 4. The monoisotopic (exact) mass is 442 g/mol. The van der Waals surface area contributed by atoms with E-state index in [4.69, 9.17) is 14.6 Å². The van der Waals surface area contributed by atoms with Gasteiger partial charge in [-0.25, -0.2) is 13.6 Å². The number of benzene rings is 1. The molecule has 1 fully saturated rings. The number of nitrogens with zero attached hydrogens (tertiary/aromatic N) is 1. The summed E-state index contributed by atoms with van der Waals surface area (Å²) < 4.78 is 35.1. The van der Waals surface area contributed by atoms with E-state index >= 15 is 0 Å². The maximum Gasteiger partial charge on any atom is 0.238 e. The fourth-order valence-corrected chi connectivity index (χ4v) is 4.27. The smallest absolute Gasteiger partial charge is 0.238 e. The standard InChI is InChI=1S/C12H16Br2N2O4S/c1-16-2-3-19-8(6-16)7-20-12-10(13)4-9(5-11(12)14)21(15,17)18/h4-5,8H,2-3,6-7H2,1H3,(H2,15,17,18). The Morgan fingerprint density at radius 3 is 2.57 bits per heavy atom. The van der Waals surface area contributed by atoms with Crippen LogP contribution in [0.1, 0.15) is 0 Å². The van der Waals surface area contributed by atoms with Crippen molar-refractivity contribution in [2.75, 3.05) is 33.4 Å². The Morgan fingerprint density at radius 2 is 2.05 bits per heavy atom. The zero-order valence-electron chi connectivity index (χ0n) is 11.4. The molecule has 0 aromatic heterocycles. The quantitative estimate of drug-likeness (QED) is 0.763. The Bertz CT molecular complexity index is 601. The first kappa shape index (κ1) is 17.2. The predicted molar refractivity (Wildman–Crippen MR) is 85.9 cm³/mol. The van der Waals surface area contributed by atoms with Crippen LogP contribution in [-0.2, 0) is 14.8 Å². The van der Waals surface area contributed by atoms with E-state index in [9.17, 15) is 8.42 Å². The number of morpholine rings is 1. The average Bonchev–Trinajstić information content (AvgIpc) is 2.36. The van der Waals surface area contributed by atoms with E-state index < -0.39 is 10.0 Å². The number of sulfonamides is 1. The number of primary sulfonamides is 1. The molecule has 1 aliphatic heterocycles. The molecule has 9 heteroatoms. The molecule has 1 aromatic rings. The fraction of sp³-hybridized carbons (Fsp3) is 0.500. The van der Waals surface area contributed by atoms with Crippen LogP contribution in [0.15, 0.2) is 26.0 Å². The van der Waals surface area contributed by atoms with Crippen molar-refractivity contribution in [3.05, 3.63) is 21.1 Å². The van der Waals surface area contributed by atoms with Gasteiger partial charge in [0.2, 0.25) is 10.0 Å². The molecule has 1 heterocycles. The van der Waals surface area contributed by atoms with Gasteiger partial charge in [-0.2, -0.15) is 0 Å². The van der Waals surface area contributed by atoms with Crippen LogP contribution in [-0.4, -0.2) is 52.8 Å². The van der Waals surface area contributed by atoms with Crippen LogP contribution >= 0.6 is 31.9 Å². The second-order valence-electron chi connectivity index (χ2n) is 4.83. The lowest BCUT2D eigenvalue weighted by Gasteiger charge is -2.30. The van der Waals surface area contributed by atoms with E-state index in [0.29, 0.717) is 27.9 Å². The molecule has 0 spiro atoms. The Morgan fingerprint density at radius 1 is 1.43 bits per heavy atom. The van der Waals surface area contributed by atoms with Gasteiger partial charge in [0, 0.05) is 13.1 Å². The lowest BCUT2D eigenvalue weighted by Crippen LogP contribution is -2.42. The average molecular weight is 444 g/mol. The van der Waals surface area contributed by atoms with Crippen LogP contribution in [0.5, 0.6) is 5.75 Å². The Balaban J connectivity index is 2.10.